The number of piperidine rings is 1. The molecule has 0 bridgehead atoms. The maximum absolute atomic E-state index is 13.1. The van der Waals surface area contributed by atoms with Crippen molar-refractivity contribution in [1.29, 1.82) is 0 Å². The molecule has 1 saturated heterocycles. The lowest BCUT2D eigenvalue weighted by Crippen LogP contribution is -2.46. The van der Waals surface area contributed by atoms with Crippen LogP contribution < -0.4 is 5.73 Å². The summed E-state index contributed by atoms with van der Waals surface area (Å²) in [6.07, 6.45) is 0.998. The fraction of sp³-hybridized carbons (Fsp3) is 0.389. The van der Waals surface area contributed by atoms with E-state index in [9.17, 15) is 9.59 Å². The molecular weight excluding hydrogens is 322 g/mol. The van der Waals surface area contributed by atoms with Crippen LogP contribution in [0.1, 0.15) is 27.5 Å². The number of amides is 2. The molecule has 0 radical (unpaired) electrons. The molecule has 1 aromatic heterocycles. The van der Waals surface area contributed by atoms with E-state index in [0.717, 1.165) is 27.4 Å². The number of aromatic nitrogens is 1. The molecule has 0 spiro atoms. The Morgan fingerprint density at radius 3 is 2.75 bits per heavy atom. The minimum absolute atomic E-state index is 0.173. The molecule has 2 N–H and O–H groups in total. The second-order valence-electron chi connectivity index (χ2n) is 6.69. The summed E-state index contributed by atoms with van der Waals surface area (Å²) >= 11 is 1.52. The van der Waals surface area contributed by atoms with E-state index < -0.39 is 11.9 Å². The van der Waals surface area contributed by atoms with Crippen LogP contribution >= 0.6 is 11.3 Å². The van der Waals surface area contributed by atoms with Crippen LogP contribution in [-0.2, 0) is 4.79 Å². The van der Waals surface area contributed by atoms with Crippen molar-refractivity contribution in [1.82, 2.24) is 9.88 Å². The number of nitrogens with two attached hydrogens (primary N) is 1. The third-order valence-corrected chi connectivity index (χ3v) is 6.03. The smallest absolute Gasteiger partial charge is 0.274 e. The summed E-state index contributed by atoms with van der Waals surface area (Å²) in [5.74, 6) is 0.0903. The summed E-state index contributed by atoms with van der Waals surface area (Å²) in [7, 11) is 0. The van der Waals surface area contributed by atoms with Crippen LogP contribution in [0.4, 0.5) is 0 Å². The van der Waals surface area contributed by atoms with Crippen LogP contribution in [0.15, 0.2) is 24.3 Å². The second kappa shape index (κ2) is 5.41. The second-order valence-corrected chi connectivity index (χ2v) is 7.89. The predicted molar refractivity (Wildman–Crippen MR) is 92.6 cm³/mol. The van der Waals surface area contributed by atoms with Gasteiger partial charge in [-0.3, -0.25) is 9.59 Å². The van der Waals surface area contributed by atoms with Crippen LogP contribution in [-0.4, -0.2) is 34.3 Å². The number of hydrogen-bond donors (Lipinski definition) is 1. The molecule has 3 atom stereocenters. The Balaban J connectivity index is 1.74. The molecule has 1 aromatic carbocycles. The van der Waals surface area contributed by atoms with Crippen molar-refractivity contribution in [2.45, 2.75) is 26.3 Å². The molecule has 2 amide bonds. The lowest BCUT2D eigenvalue weighted by molar-refractivity contribution is -0.122. The normalized spacial score (nSPS) is 24.8. The Morgan fingerprint density at radius 1 is 1.29 bits per heavy atom. The predicted octanol–water partition coefficient (Wildman–Crippen LogP) is 2.37. The van der Waals surface area contributed by atoms with Gasteiger partial charge in [0.1, 0.15) is 11.7 Å². The van der Waals surface area contributed by atoms with Crippen LogP contribution in [0.5, 0.6) is 0 Å². The number of rotatable bonds is 3. The van der Waals surface area contributed by atoms with E-state index in [4.69, 9.17) is 5.73 Å². The largest absolute Gasteiger partial charge is 0.368 e. The Kier molecular flexibility index (Phi) is 3.46. The molecule has 1 aliphatic carbocycles. The van der Waals surface area contributed by atoms with Gasteiger partial charge in [-0.05, 0) is 43.2 Å². The molecule has 2 aromatic rings. The summed E-state index contributed by atoms with van der Waals surface area (Å²) < 4.78 is 0. The van der Waals surface area contributed by atoms with Gasteiger partial charge in [-0.1, -0.05) is 24.3 Å². The number of primary amides is 1. The highest BCUT2D eigenvalue weighted by Gasteiger charge is 2.56. The van der Waals surface area contributed by atoms with Gasteiger partial charge in [-0.15, -0.1) is 11.3 Å². The van der Waals surface area contributed by atoms with Crippen molar-refractivity contribution in [3.05, 3.63) is 40.5 Å². The number of carbonyl (C=O) groups is 2. The zero-order chi connectivity index (χ0) is 17.0. The zero-order valence-corrected chi connectivity index (χ0v) is 14.5. The first-order chi connectivity index (χ1) is 11.5. The van der Waals surface area contributed by atoms with Crippen molar-refractivity contribution >= 4 is 23.2 Å². The van der Waals surface area contributed by atoms with Gasteiger partial charge in [0.05, 0.1) is 9.88 Å². The zero-order valence-electron chi connectivity index (χ0n) is 13.7. The monoisotopic (exact) mass is 341 g/mol. The van der Waals surface area contributed by atoms with Gasteiger partial charge in [0, 0.05) is 6.54 Å². The van der Waals surface area contributed by atoms with E-state index in [2.05, 4.69) is 4.98 Å². The molecule has 5 nitrogen and oxygen atoms in total. The lowest BCUT2D eigenvalue weighted by Gasteiger charge is -2.24. The summed E-state index contributed by atoms with van der Waals surface area (Å²) in [5.41, 5.74) is 8.12. The Labute approximate surface area is 144 Å². The molecular formula is C18H19N3O2S. The first-order valence-electron chi connectivity index (χ1n) is 8.11. The summed E-state index contributed by atoms with van der Waals surface area (Å²) in [6, 6.07) is 7.49. The van der Waals surface area contributed by atoms with Gasteiger partial charge in [0.2, 0.25) is 5.91 Å². The van der Waals surface area contributed by atoms with Gasteiger partial charge in [0.15, 0.2) is 0 Å². The molecule has 1 aliphatic heterocycles. The van der Waals surface area contributed by atoms with Gasteiger partial charge in [-0.2, -0.15) is 0 Å². The number of benzene rings is 1. The third-order valence-electron chi connectivity index (χ3n) is 5.03. The Morgan fingerprint density at radius 2 is 2.04 bits per heavy atom. The number of aryl methyl sites for hydroxylation is 2. The number of thiazole rings is 1. The minimum atomic E-state index is -0.478. The summed E-state index contributed by atoms with van der Waals surface area (Å²) in [6.45, 7) is 4.53. The quantitative estimate of drug-likeness (QED) is 0.931. The molecule has 2 heterocycles. The highest BCUT2D eigenvalue weighted by Crippen LogP contribution is 2.50. The highest BCUT2D eigenvalue weighted by atomic mass is 32.1. The number of fused-ring (bicyclic) bond motifs is 1. The highest BCUT2D eigenvalue weighted by molar-refractivity contribution is 7.15. The Bertz CT molecular complexity index is 845. The van der Waals surface area contributed by atoms with E-state index in [1.165, 1.54) is 11.3 Å². The van der Waals surface area contributed by atoms with Crippen molar-refractivity contribution in [2.24, 2.45) is 17.6 Å². The van der Waals surface area contributed by atoms with Crippen LogP contribution in [0.25, 0.3) is 10.4 Å². The van der Waals surface area contributed by atoms with E-state index in [0.29, 0.717) is 18.2 Å². The SMILES string of the molecule is Cc1nc(C(=O)N2C[C@H]3C[C@H]3[C@H]2C(N)=O)c(-c2ccccc2C)s1. The molecule has 6 heteroatoms. The third kappa shape index (κ3) is 2.33. The number of nitrogens with zero attached hydrogens (tertiary/aromatic N) is 2. The Hall–Kier alpha value is -2.21. The number of hydrogen-bond acceptors (Lipinski definition) is 4. The topological polar surface area (TPSA) is 76.3 Å². The van der Waals surface area contributed by atoms with E-state index in [1.54, 1.807) is 4.90 Å². The van der Waals surface area contributed by atoms with Gasteiger partial charge in [-0.25, -0.2) is 4.98 Å². The average Bonchev–Trinajstić information content (AvgIpc) is 3.02. The molecule has 24 heavy (non-hydrogen) atoms. The van der Waals surface area contributed by atoms with E-state index in [1.807, 2.05) is 38.1 Å². The fourth-order valence-corrected chi connectivity index (χ4v) is 4.76. The molecule has 124 valence electrons. The number of likely N-dealkylation sites (tertiary alicyclic amines) is 1. The lowest BCUT2D eigenvalue weighted by atomic mass is 10.1. The van der Waals surface area contributed by atoms with Crippen molar-refractivity contribution in [3.63, 3.8) is 0 Å². The minimum Gasteiger partial charge on any atom is -0.368 e. The van der Waals surface area contributed by atoms with Crippen molar-refractivity contribution < 1.29 is 9.59 Å². The fourth-order valence-electron chi connectivity index (χ4n) is 3.76. The van der Waals surface area contributed by atoms with Gasteiger partial charge < -0.3 is 10.6 Å². The van der Waals surface area contributed by atoms with Crippen LogP contribution in [0.3, 0.4) is 0 Å². The summed E-state index contributed by atoms with van der Waals surface area (Å²) in [4.78, 5) is 31.9. The first-order valence-corrected chi connectivity index (χ1v) is 8.92. The maximum Gasteiger partial charge on any atom is 0.274 e. The molecule has 2 aliphatic rings. The molecule has 1 saturated carbocycles. The first kappa shape index (κ1) is 15.3. The van der Waals surface area contributed by atoms with E-state index in [-0.39, 0.29) is 11.8 Å². The van der Waals surface area contributed by atoms with Crippen LogP contribution in [0.2, 0.25) is 0 Å². The molecule has 0 unspecified atom stereocenters. The molecule has 4 rings (SSSR count). The summed E-state index contributed by atoms with van der Waals surface area (Å²) in [5, 5.41) is 0.844. The van der Waals surface area contributed by atoms with Gasteiger partial charge in [0.25, 0.3) is 5.91 Å². The van der Waals surface area contributed by atoms with Crippen LogP contribution in [0, 0.1) is 25.7 Å². The maximum atomic E-state index is 13.1. The number of carbonyl (C=O) groups excluding carboxylic acids is 2. The van der Waals surface area contributed by atoms with Crippen molar-refractivity contribution in [3.8, 4) is 10.4 Å². The molecule has 2 fully saturated rings. The van der Waals surface area contributed by atoms with Crippen molar-refractivity contribution in [2.75, 3.05) is 6.54 Å². The van der Waals surface area contributed by atoms with E-state index >= 15 is 0 Å². The standard InChI is InChI=1S/C18H19N3O2S/c1-9-5-3-4-6-12(9)16-14(20-10(2)24-16)18(23)21-8-11-7-13(11)15(21)17(19)22/h3-6,11,13,15H,7-8H2,1-2H3,(H2,19,22)/t11-,13-,15+/m1/s1. The van der Waals surface area contributed by atoms with Gasteiger partial charge >= 0.3 is 0 Å². The average molecular weight is 341 g/mol.